The van der Waals surface area contributed by atoms with Crippen LogP contribution in [-0.4, -0.2) is 37.7 Å². The van der Waals surface area contributed by atoms with Crippen molar-refractivity contribution in [3.63, 3.8) is 0 Å². The SMILES string of the molecule is COc1cc2c(c(OC)c1O)C(=O)c1cc3c(cc1C2=O)OCO3. The number of fused-ring (bicyclic) bond motifs is 3. The molecule has 1 heterocycles. The Kier molecular flexibility index (Phi) is 2.93. The lowest BCUT2D eigenvalue weighted by atomic mass is 9.83. The number of methoxy groups -OCH3 is 2. The van der Waals surface area contributed by atoms with Gasteiger partial charge in [-0.15, -0.1) is 0 Å². The summed E-state index contributed by atoms with van der Waals surface area (Å²) in [7, 11) is 2.66. The molecule has 0 aromatic heterocycles. The molecule has 0 atom stereocenters. The first kappa shape index (κ1) is 14.4. The zero-order valence-electron chi connectivity index (χ0n) is 12.8. The quantitative estimate of drug-likeness (QED) is 0.768. The highest BCUT2D eigenvalue weighted by molar-refractivity contribution is 6.30. The summed E-state index contributed by atoms with van der Waals surface area (Å²) in [6, 6.07) is 4.30. The fourth-order valence-corrected chi connectivity index (χ4v) is 2.98. The number of hydrogen-bond acceptors (Lipinski definition) is 7. The Morgan fingerprint density at radius 3 is 2.12 bits per heavy atom. The molecule has 0 radical (unpaired) electrons. The summed E-state index contributed by atoms with van der Waals surface area (Å²) in [5.41, 5.74) is 0.510. The van der Waals surface area contributed by atoms with Crippen LogP contribution in [0.5, 0.6) is 28.7 Å². The van der Waals surface area contributed by atoms with Crippen LogP contribution in [-0.2, 0) is 0 Å². The number of ether oxygens (including phenoxy) is 4. The van der Waals surface area contributed by atoms with Crippen molar-refractivity contribution in [3.05, 3.63) is 40.5 Å². The van der Waals surface area contributed by atoms with Crippen molar-refractivity contribution in [1.29, 1.82) is 0 Å². The number of rotatable bonds is 2. The van der Waals surface area contributed by atoms with E-state index in [2.05, 4.69) is 0 Å². The number of ketones is 2. The summed E-state index contributed by atoms with van der Waals surface area (Å²) < 4.78 is 20.8. The van der Waals surface area contributed by atoms with E-state index in [1.54, 1.807) is 0 Å². The van der Waals surface area contributed by atoms with Crippen molar-refractivity contribution < 1.29 is 33.6 Å². The van der Waals surface area contributed by atoms with Gasteiger partial charge in [0.1, 0.15) is 0 Å². The van der Waals surface area contributed by atoms with Crippen molar-refractivity contribution in [3.8, 4) is 28.7 Å². The molecule has 0 amide bonds. The number of benzene rings is 2. The summed E-state index contributed by atoms with van der Waals surface area (Å²) in [5.74, 6) is -0.376. The lowest BCUT2D eigenvalue weighted by Gasteiger charge is -2.21. The van der Waals surface area contributed by atoms with Gasteiger partial charge >= 0.3 is 0 Å². The molecule has 2 aromatic rings. The van der Waals surface area contributed by atoms with Crippen molar-refractivity contribution in [2.75, 3.05) is 21.0 Å². The third-order valence-electron chi connectivity index (χ3n) is 4.12. The van der Waals surface area contributed by atoms with Crippen molar-refractivity contribution in [1.82, 2.24) is 0 Å². The summed E-state index contributed by atoms with van der Waals surface area (Å²) in [6.45, 7) is 0.0332. The van der Waals surface area contributed by atoms with E-state index in [1.165, 1.54) is 32.4 Å². The molecule has 7 nitrogen and oxygen atoms in total. The highest BCUT2D eigenvalue weighted by Crippen LogP contribution is 2.46. The second kappa shape index (κ2) is 4.89. The van der Waals surface area contributed by atoms with Crippen LogP contribution in [0.1, 0.15) is 31.8 Å². The van der Waals surface area contributed by atoms with E-state index in [-0.39, 0.29) is 52.1 Å². The maximum absolute atomic E-state index is 12.9. The molecule has 122 valence electrons. The maximum Gasteiger partial charge on any atom is 0.231 e. The predicted molar refractivity (Wildman–Crippen MR) is 80.6 cm³/mol. The Morgan fingerprint density at radius 1 is 0.917 bits per heavy atom. The average Bonchev–Trinajstić information content (AvgIpc) is 3.05. The van der Waals surface area contributed by atoms with Crippen LogP contribution >= 0.6 is 0 Å². The molecule has 0 unspecified atom stereocenters. The highest BCUT2D eigenvalue weighted by atomic mass is 16.7. The zero-order chi connectivity index (χ0) is 17.0. The van der Waals surface area contributed by atoms with Crippen LogP contribution < -0.4 is 18.9 Å². The van der Waals surface area contributed by atoms with Crippen LogP contribution in [0.25, 0.3) is 0 Å². The Labute approximate surface area is 136 Å². The molecule has 0 spiro atoms. The van der Waals surface area contributed by atoms with Gasteiger partial charge in [0.25, 0.3) is 0 Å². The van der Waals surface area contributed by atoms with E-state index >= 15 is 0 Å². The first-order valence-electron chi connectivity index (χ1n) is 7.07. The lowest BCUT2D eigenvalue weighted by molar-refractivity contribution is 0.0975. The first-order chi connectivity index (χ1) is 11.6. The maximum atomic E-state index is 12.9. The first-order valence-corrected chi connectivity index (χ1v) is 7.07. The second-order valence-electron chi connectivity index (χ2n) is 5.29. The number of phenolic OH excluding ortho intramolecular Hbond substituents is 1. The van der Waals surface area contributed by atoms with Crippen molar-refractivity contribution in [2.45, 2.75) is 0 Å². The van der Waals surface area contributed by atoms with Gasteiger partial charge in [0.15, 0.2) is 34.6 Å². The zero-order valence-corrected chi connectivity index (χ0v) is 12.8. The van der Waals surface area contributed by atoms with E-state index in [4.69, 9.17) is 18.9 Å². The molecular weight excluding hydrogens is 316 g/mol. The number of phenols is 1. The average molecular weight is 328 g/mol. The Morgan fingerprint density at radius 2 is 1.54 bits per heavy atom. The Hall–Kier alpha value is -3.22. The summed E-state index contributed by atoms with van der Waals surface area (Å²) in [6.07, 6.45) is 0. The van der Waals surface area contributed by atoms with Crippen LogP contribution in [0, 0.1) is 0 Å². The van der Waals surface area contributed by atoms with Gasteiger partial charge in [-0.3, -0.25) is 9.59 Å². The minimum absolute atomic E-state index is 0.00663. The molecule has 1 aliphatic carbocycles. The smallest absolute Gasteiger partial charge is 0.231 e. The molecule has 0 bridgehead atoms. The monoisotopic (exact) mass is 328 g/mol. The fraction of sp³-hybridized carbons (Fsp3) is 0.176. The Bertz CT molecular complexity index is 914. The summed E-state index contributed by atoms with van der Waals surface area (Å²) >= 11 is 0. The molecule has 0 saturated heterocycles. The van der Waals surface area contributed by atoms with Gasteiger partial charge in [-0.25, -0.2) is 0 Å². The van der Waals surface area contributed by atoms with Gasteiger partial charge in [0, 0.05) is 16.7 Å². The molecule has 1 N–H and O–H groups in total. The molecule has 4 rings (SSSR count). The minimum Gasteiger partial charge on any atom is -0.502 e. The molecule has 24 heavy (non-hydrogen) atoms. The predicted octanol–water partition coefficient (Wildman–Crippen LogP) is 1.91. The lowest BCUT2D eigenvalue weighted by Crippen LogP contribution is -2.22. The second-order valence-corrected chi connectivity index (χ2v) is 5.29. The molecule has 7 heteroatoms. The van der Waals surface area contributed by atoms with Crippen LogP contribution in [0.3, 0.4) is 0 Å². The fourth-order valence-electron chi connectivity index (χ4n) is 2.98. The molecule has 2 aromatic carbocycles. The van der Waals surface area contributed by atoms with Gasteiger partial charge < -0.3 is 24.1 Å². The van der Waals surface area contributed by atoms with Gasteiger partial charge in [-0.2, -0.15) is 0 Å². The van der Waals surface area contributed by atoms with Crippen LogP contribution in [0.4, 0.5) is 0 Å². The van der Waals surface area contributed by atoms with Gasteiger partial charge in [-0.1, -0.05) is 0 Å². The van der Waals surface area contributed by atoms with Crippen LogP contribution in [0.15, 0.2) is 18.2 Å². The number of aromatic hydroxyl groups is 1. The van der Waals surface area contributed by atoms with E-state index in [0.29, 0.717) is 11.5 Å². The number of carbonyl (C=O) groups is 2. The normalized spacial score (nSPS) is 14.2. The van der Waals surface area contributed by atoms with Gasteiger partial charge in [0.2, 0.25) is 12.5 Å². The number of carbonyl (C=O) groups excluding carboxylic acids is 2. The third kappa shape index (κ3) is 1.72. The minimum atomic E-state index is -0.437. The summed E-state index contributed by atoms with van der Waals surface area (Å²) in [4.78, 5) is 25.8. The van der Waals surface area contributed by atoms with Crippen molar-refractivity contribution in [2.24, 2.45) is 0 Å². The van der Waals surface area contributed by atoms with Gasteiger partial charge in [0.05, 0.1) is 19.8 Å². The van der Waals surface area contributed by atoms with E-state index < -0.39 is 5.78 Å². The molecule has 0 fully saturated rings. The third-order valence-corrected chi connectivity index (χ3v) is 4.12. The van der Waals surface area contributed by atoms with E-state index in [1.807, 2.05) is 0 Å². The largest absolute Gasteiger partial charge is 0.502 e. The Balaban J connectivity index is 2.01. The standard InChI is InChI=1S/C17H12O7/c1-21-12-5-9-13(17(22-2)16(12)20)15(19)8-4-11-10(23-6-24-11)3-7(8)14(9)18/h3-5,20H,6H2,1-2H3. The van der Waals surface area contributed by atoms with E-state index in [0.717, 1.165) is 0 Å². The topological polar surface area (TPSA) is 91.3 Å². The van der Waals surface area contributed by atoms with Gasteiger partial charge in [-0.05, 0) is 18.2 Å². The highest BCUT2D eigenvalue weighted by Gasteiger charge is 2.37. The molecular formula is C17H12O7. The summed E-state index contributed by atoms with van der Waals surface area (Å²) in [5, 5.41) is 10.2. The number of hydrogen-bond donors (Lipinski definition) is 1. The molecule has 0 saturated carbocycles. The molecule has 2 aliphatic rings. The van der Waals surface area contributed by atoms with Crippen LogP contribution in [0.2, 0.25) is 0 Å². The van der Waals surface area contributed by atoms with E-state index in [9.17, 15) is 14.7 Å². The van der Waals surface area contributed by atoms with Crippen molar-refractivity contribution >= 4 is 11.6 Å². The molecule has 1 aliphatic heterocycles.